The summed E-state index contributed by atoms with van der Waals surface area (Å²) in [5, 5.41) is 59.5. The van der Waals surface area contributed by atoms with Crippen LogP contribution in [0.1, 0.15) is 309 Å². The van der Waals surface area contributed by atoms with E-state index in [0.717, 1.165) is 62.5 Å². The molecule has 2 aromatic carbocycles. The molecular formula is C120H220N2O19S2. The minimum atomic E-state index is -4.30. The van der Waals surface area contributed by atoms with Crippen molar-refractivity contribution in [3.05, 3.63) is 59.7 Å². The van der Waals surface area contributed by atoms with Gasteiger partial charge in [-0.3, -0.25) is 22.7 Å². The summed E-state index contributed by atoms with van der Waals surface area (Å²) in [4.78, 5) is 38.8. The number of benzene rings is 2. The van der Waals surface area contributed by atoms with E-state index >= 15 is 0 Å². The van der Waals surface area contributed by atoms with Gasteiger partial charge in [0.25, 0.3) is 32.1 Å². The molecule has 0 radical (unpaired) electrons. The lowest BCUT2D eigenvalue weighted by Crippen LogP contribution is -2.60. The van der Waals surface area contributed by atoms with Crippen LogP contribution in [0.15, 0.2) is 58.3 Å². The maximum atomic E-state index is 13.4. The van der Waals surface area contributed by atoms with E-state index < -0.39 is 125 Å². The van der Waals surface area contributed by atoms with Crippen molar-refractivity contribution >= 4 is 38.0 Å². The topological polar surface area (TPSA) is 309 Å². The number of ether oxygens (including phenoxy) is 5. The molecule has 0 saturated carbocycles. The normalized spacial score (nSPS) is 17.0. The van der Waals surface area contributed by atoms with Crippen molar-refractivity contribution in [2.45, 2.75) is 326 Å². The second kappa shape index (κ2) is 78.4. The molecule has 2 amide bonds. The zero-order valence-corrected chi connectivity index (χ0v) is 85.0. The standard InChI is InChI=1S/C63H67NO8S.C57H57NO11S.48H2/c1-9-11-13-15-17-19-21-23-24-25-26-27-28-29-30-31-32-33-35-37-39-41-43-45-61(66)64-59(62(71-57(8)65)53(4)44-42-40-38-36-34-22-20-18-16-14-12-10-2)50-69-63-56(7)54(5)55(6)60(72-63)51-70-73(67,68)58-48-46-52(3)47-49-58;1-4-6-8-10-12-14-16-18-19-20-21-22-23-24-25-26-27-28-30-32-34-36-38-40-52(60)58-49(53(61)50(59)39-37-35-33-31-29-17-15-13-11-9-7-5-2)45-67-57-56(64)55(63)54(62)51(69-57)46-68-70(65,66)48-43-41-47(3)42-44-48;;;;;;;;;;;;;;;;;;;;;;;;;;;;;;;;;;;;;;;;;;;;;;;;/h46-49,53-56,59-60,62-63H,10,12,14,16,18,20,22,34,36,38,40,42,44,50-51H2,1-8H3,(H,64,66);41-44,49-51,53-57,59,61-64H,5,7,9,11,13,15,17,29,31,33,35,37,39,45-46H2,1-3H3,(H,58,60);48*1H/t53-,54+,55-,56?,59+,60?,62-,63+;49-,50+,51?,53-,54-,55-,56?,57-;;;;;;;;;;;;;;;;;;;;;;;;;;;;;;;;;;;;;;;;;;;;;;;;/m10................................................/s1. The third kappa shape index (κ3) is 58.5. The molecule has 143 heavy (non-hydrogen) atoms. The molecule has 23 heteroatoms. The van der Waals surface area contributed by atoms with Gasteiger partial charge in [-0.1, -0.05) is 243 Å². The molecular weight excluding hydrogens is 1840 g/mol. The highest BCUT2D eigenvalue weighted by Crippen LogP contribution is 2.37. The lowest BCUT2D eigenvalue weighted by Gasteiger charge is -2.43. The van der Waals surface area contributed by atoms with Crippen LogP contribution >= 0.6 is 0 Å². The number of hydrogen-bond acceptors (Lipinski definition) is 19. The van der Waals surface area contributed by atoms with Crippen LogP contribution in [0.2, 0.25) is 0 Å². The second-order valence-electron chi connectivity index (χ2n) is 32.8. The van der Waals surface area contributed by atoms with Crippen LogP contribution < -0.4 is 10.6 Å². The molecule has 16 atom stereocenters. The Labute approximate surface area is 923 Å². The average Bonchev–Trinajstić information content (AvgIpc) is 0.805. The van der Waals surface area contributed by atoms with Crippen LogP contribution in [-0.2, 0) is 66.7 Å². The van der Waals surface area contributed by atoms with E-state index in [0.29, 0.717) is 6.42 Å². The number of carbonyl (C=O) groups is 3. The summed E-state index contributed by atoms with van der Waals surface area (Å²) < 4.78 is 92.5. The van der Waals surface area contributed by atoms with Gasteiger partial charge >= 0.3 is 5.97 Å². The number of hydrogen-bond donors (Lipinski definition) is 7. The van der Waals surface area contributed by atoms with E-state index in [2.05, 4.69) is 316 Å². The number of unbranched alkanes of at least 4 members (excludes halogenated alkanes) is 22. The molecule has 0 aromatic heterocycles. The van der Waals surface area contributed by atoms with Crippen LogP contribution in [0.4, 0.5) is 0 Å². The molecule has 0 aliphatic carbocycles. The summed E-state index contributed by atoms with van der Waals surface area (Å²) in [7, 11) is -8.34. The van der Waals surface area contributed by atoms with Crippen LogP contribution in [0.25, 0.3) is 0 Å². The molecule has 4 rings (SSSR count). The van der Waals surface area contributed by atoms with Gasteiger partial charge in [-0.2, -0.15) is 16.8 Å². The lowest BCUT2D eigenvalue weighted by atomic mass is 9.79. The van der Waals surface area contributed by atoms with Gasteiger partial charge in [0.15, 0.2) is 12.6 Å². The van der Waals surface area contributed by atoms with E-state index in [9.17, 15) is 56.8 Å². The van der Waals surface area contributed by atoms with Crippen LogP contribution in [0, 0.1) is 322 Å². The Morgan fingerprint density at radius 3 is 0.993 bits per heavy atom. The highest BCUT2D eigenvalue weighted by molar-refractivity contribution is 7.87. The van der Waals surface area contributed by atoms with E-state index in [1.54, 1.807) is 45.0 Å². The number of carbonyl (C=O) groups excluding carboxylic acids is 3. The molecule has 2 saturated heterocycles. The van der Waals surface area contributed by atoms with Gasteiger partial charge in [0.1, 0.15) is 36.6 Å². The first kappa shape index (κ1) is 123. The Bertz CT molecular complexity index is 6600. The summed E-state index contributed by atoms with van der Waals surface area (Å²) in [5.41, 5.74) is 1.74. The first-order valence-corrected chi connectivity index (χ1v) is 50.5. The first-order valence-electron chi connectivity index (χ1n) is 47.7. The van der Waals surface area contributed by atoms with Crippen molar-refractivity contribution in [1.82, 2.24) is 10.6 Å². The fourth-order valence-electron chi connectivity index (χ4n) is 13.6. The van der Waals surface area contributed by atoms with Crippen molar-refractivity contribution in [1.29, 1.82) is 0 Å². The summed E-state index contributed by atoms with van der Waals surface area (Å²) in [6.45, 7) is 19.2. The summed E-state index contributed by atoms with van der Waals surface area (Å²) in [6, 6.07) is 10.1. The molecule has 4 unspecified atom stereocenters. The molecule has 2 fully saturated rings. The number of aryl methyl sites for hydroxylation is 2. The highest BCUT2D eigenvalue weighted by Gasteiger charge is 2.46. The second-order valence-corrected chi connectivity index (χ2v) is 36.0. The van der Waals surface area contributed by atoms with Gasteiger partial charge < -0.3 is 59.9 Å². The summed E-state index contributed by atoms with van der Waals surface area (Å²) in [5.74, 6) is 118. The molecule has 836 valence electrons. The zero-order valence-electron chi connectivity index (χ0n) is 83.3. The smallest absolute Gasteiger partial charge is 0.302 e. The van der Waals surface area contributed by atoms with E-state index in [-0.39, 0.29) is 122 Å². The number of aliphatic hydroxyl groups is 5. The van der Waals surface area contributed by atoms with E-state index in [1.807, 2.05) is 27.7 Å². The van der Waals surface area contributed by atoms with Crippen LogP contribution in [0.3, 0.4) is 0 Å². The van der Waals surface area contributed by atoms with Crippen molar-refractivity contribution in [2.24, 2.45) is 23.7 Å². The third-order valence-corrected chi connectivity index (χ3v) is 24.3. The number of rotatable bonds is 47. The Hall–Kier alpha value is -14.3. The number of aliphatic hydroxyl groups excluding tert-OH is 5. The SMILES string of the molecule is CC#CC#CC#CC#CC#CC#CC#CC#CC#CC#CC#CC#CC(=O)N[C@@H](CO[C@H]1OC(COS(=O)(=O)c2ccc(C)cc2)[C@H](C)[C@H](C)C1C)[C@H](OC(C)=O)[C@H](C)CCCCCCCCCCCCCC.CC#CC#CC#CC#CC#CC#CC#CC#CC#CC#CC#CC#CC(=O)N[C@@H](CO[C@H]1OC(COS(=O)(=O)c2ccc(C)cc2)[C@H](O)[C@H](O)C1O)[C@H](O)[C@H](O)CCCCCCCCCCCCCC.[HH].[HH].[HH].[HH].[HH].[HH].[HH].[HH].[HH].[HH].[HH].[HH].[HH].[HH].[HH].[HH].[HH].[HH].[HH].[HH].[HH].[HH].[HH].[HH].[HH].[HH].[HH].[HH].[HH].[HH].[HH].[HH].[HH].[HH].[HH].[HH].[HH].[HH].[HH].[HH].[HH].[HH].[HH].[HH].[HH].[HH].[HH].[HH]. The van der Waals surface area contributed by atoms with Gasteiger partial charge in [0.05, 0.1) is 60.5 Å². The van der Waals surface area contributed by atoms with Gasteiger partial charge in [0, 0.05) is 164 Å². The number of esters is 1. The predicted molar refractivity (Wildman–Crippen MR) is 655 cm³/mol. The van der Waals surface area contributed by atoms with Gasteiger partial charge in [-0.05, 0) is 272 Å². The minimum absolute atomic E-state index is 0. The van der Waals surface area contributed by atoms with E-state index in [1.165, 1.54) is 134 Å². The predicted octanol–water partition coefficient (Wildman–Crippen LogP) is 23.2. The Balaban J connectivity index is -0.0000000400. The molecule has 0 bridgehead atoms. The lowest BCUT2D eigenvalue weighted by molar-refractivity contribution is -0.302. The average molecular weight is 2060 g/mol. The Morgan fingerprint density at radius 2 is 0.657 bits per heavy atom. The molecule has 2 aliphatic heterocycles. The summed E-state index contributed by atoms with van der Waals surface area (Å²) >= 11 is 0. The molecule has 2 aliphatic rings. The van der Waals surface area contributed by atoms with Crippen molar-refractivity contribution in [2.75, 3.05) is 26.4 Å². The molecule has 2 aromatic rings. The molecule has 21 nitrogen and oxygen atoms in total. The summed E-state index contributed by atoms with van der Waals surface area (Å²) in [6.07, 6.45) is 15.2. The van der Waals surface area contributed by atoms with E-state index in [4.69, 9.17) is 32.1 Å². The molecule has 0 spiro atoms. The quantitative estimate of drug-likeness (QED) is 0.0140. The maximum absolute atomic E-state index is 13.4. The highest BCUT2D eigenvalue weighted by atomic mass is 32.2. The van der Waals surface area contributed by atoms with Gasteiger partial charge in [-0.15, -0.1) is 0 Å². The van der Waals surface area contributed by atoms with Crippen molar-refractivity contribution in [3.63, 3.8) is 0 Å². The van der Waals surface area contributed by atoms with Gasteiger partial charge in [-0.25, -0.2) is 0 Å². The van der Waals surface area contributed by atoms with Crippen molar-refractivity contribution < 1.29 is 157 Å². The molecule has 2 heterocycles. The van der Waals surface area contributed by atoms with Crippen LogP contribution in [-0.4, -0.2) is 160 Å². The van der Waals surface area contributed by atoms with Crippen molar-refractivity contribution in [3.8, 4) is 284 Å². The maximum Gasteiger partial charge on any atom is 0.302 e. The van der Waals surface area contributed by atoms with Gasteiger partial charge in [0.2, 0.25) is 0 Å². The fraction of sp³-hybridized carbons (Fsp3) is 0.475. The third-order valence-electron chi connectivity index (χ3n) is 21.7. The number of nitrogens with one attached hydrogen (secondary N) is 2. The minimum Gasteiger partial charge on any atom is -0.460 e. The number of amides is 2. The molecule has 7 N–H and O–H groups in total. The first-order chi connectivity index (χ1) is 69.2. The monoisotopic (exact) mass is 2060 g/mol. The Morgan fingerprint density at radius 1 is 0.371 bits per heavy atom. The van der Waals surface area contributed by atoms with Crippen LogP contribution in [0.5, 0.6) is 0 Å². The zero-order chi connectivity index (χ0) is 104. The largest absolute Gasteiger partial charge is 0.460 e. The Kier molecular flexibility index (Phi) is 67.4. The fourth-order valence-corrected chi connectivity index (χ4v) is 15.4.